The lowest BCUT2D eigenvalue weighted by Crippen LogP contribution is -2.07. The van der Waals surface area contributed by atoms with Crippen LogP contribution in [0.3, 0.4) is 0 Å². The molecule has 12 rings (SSSR count). The van der Waals surface area contributed by atoms with Gasteiger partial charge in [0.05, 0.1) is 33.6 Å². The Morgan fingerprint density at radius 1 is 0.542 bits per heavy atom. The zero-order chi connectivity index (χ0) is 31.1. The van der Waals surface area contributed by atoms with Crippen molar-refractivity contribution < 1.29 is 0 Å². The zero-order valence-corrected chi connectivity index (χ0v) is 26.0. The number of hydrogen-bond donors (Lipinski definition) is 0. The number of aryl methyl sites for hydroxylation is 1. The van der Waals surface area contributed by atoms with Gasteiger partial charge in [-0.3, -0.25) is 4.98 Å². The molecule has 48 heavy (non-hydrogen) atoms. The van der Waals surface area contributed by atoms with Crippen molar-refractivity contribution in [2.75, 3.05) is 0 Å². The molecule has 0 fully saturated rings. The van der Waals surface area contributed by atoms with Crippen molar-refractivity contribution in [1.82, 2.24) is 14.4 Å². The van der Waals surface area contributed by atoms with Gasteiger partial charge in [0, 0.05) is 50.2 Å². The van der Waals surface area contributed by atoms with Crippen LogP contribution in [0.4, 0.5) is 0 Å². The van der Waals surface area contributed by atoms with Gasteiger partial charge in [-0.05, 0) is 75.5 Å². The molecule has 0 N–H and O–H groups in total. The highest BCUT2D eigenvalue weighted by Crippen LogP contribution is 2.52. The number of aromatic nitrogens is 3. The molecule has 3 heteroatoms. The van der Waals surface area contributed by atoms with E-state index in [9.17, 15) is 0 Å². The third-order valence-electron chi connectivity index (χ3n) is 11.3. The summed E-state index contributed by atoms with van der Waals surface area (Å²) in [6.45, 7) is 0. The van der Waals surface area contributed by atoms with Crippen LogP contribution in [-0.2, 0) is 6.42 Å². The maximum atomic E-state index is 5.58. The first kappa shape index (κ1) is 25.1. The van der Waals surface area contributed by atoms with Gasteiger partial charge in [0.2, 0.25) is 0 Å². The van der Waals surface area contributed by atoms with Crippen molar-refractivity contribution in [3.63, 3.8) is 0 Å². The molecule has 0 saturated carbocycles. The minimum Gasteiger partial charge on any atom is -0.308 e. The maximum absolute atomic E-state index is 5.58. The first-order valence-corrected chi connectivity index (χ1v) is 16.9. The van der Waals surface area contributed by atoms with E-state index in [1.54, 1.807) is 0 Å². The van der Waals surface area contributed by atoms with E-state index >= 15 is 0 Å². The van der Waals surface area contributed by atoms with Gasteiger partial charge in [0.15, 0.2) is 0 Å². The standard InChI is InChI=1S/C45H27N3/c1-2-10-27-22-34-28(21-26(27)9-1)19-20-30(37-24-46-43-32-15-7-11-25-12-8-16-33(40(25)32)44(43)47-37)41-35(34)23-36-29-13-3-5-17-38(29)48-39-18-6-4-14-31(39)42(41)45(36)48/h1-18,21-24,30H,19-20H2. The van der Waals surface area contributed by atoms with E-state index in [2.05, 4.69) is 138 Å². The van der Waals surface area contributed by atoms with Crippen LogP contribution >= 0.6 is 0 Å². The Labute approximate surface area is 276 Å². The predicted octanol–water partition coefficient (Wildman–Crippen LogP) is 11.3. The Kier molecular flexibility index (Phi) is 4.62. The number of hydrogen-bond acceptors (Lipinski definition) is 2. The van der Waals surface area contributed by atoms with Gasteiger partial charge in [-0.1, -0.05) is 103 Å². The normalized spacial score (nSPS) is 15.1. The second-order valence-electron chi connectivity index (χ2n) is 13.6. The van der Waals surface area contributed by atoms with Crippen LogP contribution in [0.15, 0.2) is 134 Å². The molecule has 0 aliphatic heterocycles. The Bertz CT molecular complexity index is 3010. The Morgan fingerprint density at radius 3 is 2.06 bits per heavy atom. The first-order valence-electron chi connectivity index (χ1n) is 16.9. The summed E-state index contributed by atoms with van der Waals surface area (Å²) in [5, 5.41) is 10.4. The summed E-state index contributed by atoms with van der Waals surface area (Å²) in [6, 6.07) is 47.1. The van der Waals surface area contributed by atoms with E-state index in [-0.39, 0.29) is 5.92 Å². The lowest BCUT2D eigenvalue weighted by molar-refractivity contribution is 0.707. The van der Waals surface area contributed by atoms with E-state index < -0.39 is 0 Å². The molecule has 3 aromatic heterocycles. The summed E-state index contributed by atoms with van der Waals surface area (Å²) in [6.07, 6.45) is 4.02. The van der Waals surface area contributed by atoms with Crippen LogP contribution in [0.2, 0.25) is 0 Å². The minimum atomic E-state index is 0.0771. The van der Waals surface area contributed by atoms with Crippen molar-refractivity contribution in [3.05, 3.63) is 150 Å². The first-order chi connectivity index (χ1) is 23.8. The molecule has 2 aliphatic rings. The van der Waals surface area contributed by atoms with E-state index in [0.717, 1.165) is 29.9 Å². The average molecular weight is 610 g/mol. The van der Waals surface area contributed by atoms with Gasteiger partial charge in [0.25, 0.3) is 0 Å². The highest BCUT2D eigenvalue weighted by molar-refractivity contribution is 6.26. The number of rotatable bonds is 1. The zero-order valence-electron chi connectivity index (χ0n) is 26.0. The third kappa shape index (κ3) is 3.05. The fraction of sp³-hybridized carbons (Fsp3) is 0.0667. The van der Waals surface area contributed by atoms with Crippen molar-refractivity contribution in [2.45, 2.75) is 18.8 Å². The minimum absolute atomic E-state index is 0.0771. The largest absolute Gasteiger partial charge is 0.308 e. The SMILES string of the molecule is c1ccc2cc3c(cc2c1)CCC(c1cnc2c(n1)-c1cccc4cccc-2c14)c1c-3cc2c3ccccc3n3c4ccccc4c1c23. The van der Waals surface area contributed by atoms with Crippen molar-refractivity contribution in [2.24, 2.45) is 0 Å². The predicted molar refractivity (Wildman–Crippen MR) is 198 cm³/mol. The van der Waals surface area contributed by atoms with Gasteiger partial charge in [-0.2, -0.15) is 0 Å². The topological polar surface area (TPSA) is 30.2 Å². The second kappa shape index (κ2) is 8.84. The summed E-state index contributed by atoms with van der Waals surface area (Å²) in [5.41, 5.74) is 14.8. The second-order valence-corrected chi connectivity index (χ2v) is 13.6. The van der Waals surface area contributed by atoms with Crippen LogP contribution < -0.4 is 0 Å². The van der Waals surface area contributed by atoms with Crippen molar-refractivity contribution in [1.29, 1.82) is 0 Å². The monoisotopic (exact) mass is 609 g/mol. The van der Waals surface area contributed by atoms with Gasteiger partial charge in [-0.15, -0.1) is 0 Å². The van der Waals surface area contributed by atoms with E-state index in [1.165, 1.54) is 93.0 Å². The lowest BCUT2D eigenvalue weighted by Gasteiger charge is -2.20. The molecule has 0 radical (unpaired) electrons. The molecule has 2 aliphatic carbocycles. The quantitative estimate of drug-likeness (QED) is 0.185. The Hall–Kier alpha value is -6.06. The number of fused-ring (bicyclic) bond motifs is 14. The van der Waals surface area contributed by atoms with E-state index in [1.807, 2.05) is 0 Å². The molecule has 10 aromatic rings. The van der Waals surface area contributed by atoms with E-state index in [0.29, 0.717) is 0 Å². The summed E-state index contributed by atoms with van der Waals surface area (Å²) in [5.74, 6) is 0.0771. The van der Waals surface area contributed by atoms with E-state index in [4.69, 9.17) is 9.97 Å². The fourth-order valence-electron chi connectivity index (χ4n) is 9.31. The molecule has 0 bridgehead atoms. The highest BCUT2D eigenvalue weighted by atomic mass is 14.9. The van der Waals surface area contributed by atoms with Gasteiger partial charge >= 0.3 is 0 Å². The third-order valence-corrected chi connectivity index (χ3v) is 11.3. The fourth-order valence-corrected chi connectivity index (χ4v) is 9.31. The lowest BCUT2D eigenvalue weighted by atomic mass is 9.84. The molecule has 3 heterocycles. The molecule has 0 spiro atoms. The summed E-state index contributed by atoms with van der Waals surface area (Å²) in [4.78, 5) is 10.8. The molecular formula is C45H27N3. The summed E-state index contributed by atoms with van der Waals surface area (Å²) < 4.78 is 2.50. The Balaban J connectivity index is 1.22. The van der Waals surface area contributed by atoms with Gasteiger partial charge in [0.1, 0.15) is 0 Å². The average Bonchev–Trinajstić information content (AvgIpc) is 3.73. The smallest absolute Gasteiger partial charge is 0.0975 e. The van der Waals surface area contributed by atoms with Crippen molar-refractivity contribution in [3.8, 4) is 33.6 Å². The molecule has 3 nitrogen and oxygen atoms in total. The Morgan fingerprint density at radius 2 is 1.23 bits per heavy atom. The maximum Gasteiger partial charge on any atom is 0.0975 e. The molecule has 1 atom stereocenters. The highest BCUT2D eigenvalue weighted by Gasteiger charge is 2.33. The number of para-hydroxylation sites is 2. The molecule has 1 unspecified atom stereocenters. The molecule has 0 amide bonds. The molecule has 0 saturated heterocycles. The van der Waals surface area contributed by atoms with Crippen LogP contribution in [0.1, 0.15) is 29.2 Å². The van der Waals surface area contributed by atoms with Crippen LogP contribution in [0, 0.1) is 0 Å². The molecule has 222 valence electrons. The van der Waals surface area contributed by atoms with Gasteiger partial charge in [-0.25, -0.2) is 4.98 Å². The van der Waals surface area contributed by atoms with Crippen LogP contribution in [0.5, 0.6) is 0 Å². The summed E-state index contributed by atoms with van der Waals surface area (Å²) in [7, 11) is 0. The van der Waals surface area contributed by atoms with Crippen LogP contribution in [0.25, 0.3) is 93.3 Å². The van der Waals surface area contributed by atoms with Crippen LogP contribution in [-0.4, -0.2) is 14.4 Å². The summed E-state index contributed by atoms with van der Waals surface area (Å²) >= 11 is 0. The van der Waals surface area contributed by atoms with Gasteiger partial charge < -0.3 is 4.40 Å². The number of benzene rings is 7. The molecule has 7 aromatic carbocycles. The van der Waals surface area contributed by atoms with Crippen molar-refractivity contribution >= 4 is 59.6 Å². The molecular weight excluding hydrogens is 583 g/mol. The number of nitrogens with zero attached hydrogens (tertiary/aromatic N) is 3.